The first-order valence-electron chi connectivity index (χ1n) is 7.45. The molecule has 0 atom stereocenters. The highest BCUT2D eigenvalue weighted by atomic mass is 19.1. The van der Waals surface area contributed by atoms with Gasteiger partial charge in [0.2, 0.25) is 11.8 Å². The molecule has 0 bridgehead atoms. The minimum atomic E-state index is -0.502. The second kappa shape index (κ2) is 7.55. The van der Waals surface area contributed by atoms with Gasteiger partial charge in [-0.05, 0) is 47.9 Å². The number of benzene rings is 2. The van der Waals surface area contributed by atoms with E-state index in [2.05, 4.69) is 0 Å². The molecule has 24 heavy (non-hydrogen) atoms. The molecule has 0 saturated carbocycles. The number of carbonyl (C=O) groups excluding carboxylic acids is 2. The molecule has 2 rings (SSSR count). The average Bonchev–Trinajstić information content (AvgIpc) is 2.55. The second-order valence-corrected chi connectivity index (χ2v) is 5.59. The van der Waals surface area contributed by atoms with Crippen molar-refractivity contribution in [3.05, 3.63) is 77.1 Å². The van der Waals surface area contributed by atoms with Crippen LogP contribution in [-0.4, -0.2) is 23.8 Å². The van der Waals surface area contributed by atoms with Crippen molar-refractivity contribution in [3.63, 3.8) is 0 Å². The molecule has 0 saturated heterocycles. The number of carbonyl (C=O) groups is 2. The highest BCUT2D eigenvalue weighted by Crippen LogP contribution is 2.15. The van der Waals surface area contributed by atoms with E-state index < -0.39 is 5.91 Å². The molecule has 0 fully saturated rings. The molecule has 0 unspecified atom stereocenters. The molecule has 4 nitrogen and oxygen atoms in total. The van der Waals surface area contributed by atoms with Crippen molar-refractivity contribution in [2.45, 2.75) is 13.5 Å². The molecule has 5 heteroatoms. The Morgan fingerprint density at radius 2 is 1.79 bits per heavy atom. The van der Waals surface area contributed by atoms with Gasteiger partial charge in [-0.1, -0.05) is 24.3 Å². The van der Waals surface area contributed by atoms with E-state index in [1.54, 1.807) is 44.3 Å². The Balaban J connectivity index is 2.09. The summed E-state index contributed by atoms with van der Waals surface area (Å²) in [6.45, 7) is 2.15. The summed E-state index contributed by atoms with van der Waals surface area (Å²) in [6, 6.07) is 12.8. The standard InChI is InChI=1S/C19H19FN2O2/c1-13(15-6-8-17(20)9-7-15)10-18(23)22(2)12-14-4-3-5-16(11-14)19(21)24/h3-11H,12H2,1-2H3,(H2,21,24)/b13-10-. The van der Waals surface area contributed by atoms with Gasteiger partial charge in [-0.15, -0.1) is 0 Å². The molecule has 124 valence electrons. The maximum absolute atomic E-state index is 12.9. The first-order chi connectivity index (χ1) is 11.4. The van der Waals surface area contributed by atoms with E-state index in [1.807, 2.05) is 6.07 Å². The summed E-state index contributed by atoms with van der Waals surface area (Å²) >= 11 is 0. The predicted octanol–water partition coefficient (Wildman–Crippen LogP) is 2.99. The van der Waals surface area contributed by atoms with Gasteiger partial charge >= 0.3 is 0 Å². The van der Waals surface area contributed by atoms with Crippen LogP contribution in [0.5, 0.6) is 0 Å². The third kappa shape index (κ3) is 4.52. The molecule has 0 aliphatic carbocycles. The molecule has 0 heterocycles. The zero-order valence-corrected chi connectivity index (χ0v) is 13.6. The van der Waals surface area contributed by atoms with E-state index in [0.717, 1.165) is 16.7 Å². The van der Waals surface area contributed by atoms with Gasteiger partial charge in [-0.3, -0.25) is 9.59 Å². The van der Waals surface area contributed by atoms with Crippen molar-refractivity contribution in [2.24, 2.45) is 5.73 Å². The monoisotopic (exact) mass is 326 g/mol. The summed E-state index contributed by atoms with van der Waals surface area (Å²) in [5, 5.41) is 0. The van der Waals surface area contributed by atoms with Crippen LogP contribution in [0.2, 0.25) is 0 Å². The number of nitrogens with two attached hydrogens (primary N) is 1. The molecule has 2 N–H and O–H groups in total. The van der Waals surface area contributed by atoms with Gasteiger partial charge < -0.3 is 10.6 Å². The Morgan fingerprint density at radius 3 is 2.42 bits per heavy atom. The van der Waals surface area contributed by atoms with Gasteiger partial charge in [0.05, 0.1) is 0 Å². The molecule has 0 aliphatic rings. The molecule has 2 amide bonds. The quantitative estimate of drug-likeness (QED) is 0.859. The first kappa shape index (κ1) is 17.4. The lowest BCUT2D eigenvalue weighted by Crippen LogP contribution is -2.24. The van der Waals surface area contributed by atoms with Gasteiger partial charge in [0.25, 0.3) is 0 Å². The lowest BCUT2D eigenvalue weighted by Gasteiger charge is -2.16. The van der Waals surface area contributed by atoms with Crippen molar-refractivity contribution in [1.29, 1.82) is 0 Å². The number of halogens is 1. The fraction of sp³-hybridized carbons (Fsp3) is 0.158. The molecule has 0 aliphatic heterocycles. The van der Waals surface area contributed by atoms with E-state index >= 15 is 0 Å². The summed E-state index contributed by atoms with van der Waals surface area (Å²) < 4.78 is 12.9. The van der Waals surface area contributed by atoms with Gasteiger partial charge in [-0.2, -0.15) is 0 Å². The van der Waals surface area contributed by atoms with Crippen LogP contribution >= 0.6 is 0 Å². The van der Waals surface area contributed by atoms with Crippen LogP contribution in [0.15, 0.2) is 54.6 Å². The number of nitrogens with zero attached hydrogens (tertiary/aromatic N) is 1. The van der Waals surface area contributed by atoms with Crippen LogP contribution in [-0.2, 0) is 11.3 Å². The maximum atomic E-state index is 12.9. The Morgan fingerprint density at radius 1 is 1.12 bits per heavy atom. The van der Waals surface area contributed by atoms with Gasteiger partial charge in [0, 0.05) is 25.2 Å². The van der Waals surface area contributed by atoms with Crippen molar-refractivity contribution < 1.29 is 14.0 Å². The van der Waals surface area contributed by atoms with Crippen LogP contribution in [0, 0.1) is 5.82 Å². The van der Waals surface area contributed by atoms with Crippen LogP contribution in [0.4, 0.5) is 4.39 Å². The van der Waals surface area contributed by atoms with Crippen molar-refractivity contribution >= 4 is 17.4 Å². The minimum Gasteiger partial charge on any atom is -0.366 e. The lowest BCUT2D eigenvalue weighted by molar-refractivity contribution is -0.125. The number of amides is 2. The number of allylic oxidation sites excluding steroid dienone is 1. The van der Waals surface area contributed by atoms with Crippen molar-refractivity contribution in [2.75, 3.05) is 7.05 Å². The minimum absolute atomic E-state index is 0.179. The Labute approximate surface area is 140 Å². The lowest BCUT2D eigenvalue weighted by atomic mass is 10.1. The van der Waals surface area contributed by atoms with Crippen molar-refractivity contribution in [1.82, 2.24) is 4.90 Å². The largest absolute Gasteiger partial charge is 0.366 e. The van der Waals surface area contributed by atoms with Crippen LogP contribution in [0.1, 0.15) is 28.4 Å². The molecule has 0 spiro atoms. The summed E-state index contributed by atoms with van der Waals surface area (Å²) in [7, 11) is 1.67. The van der Waals surface area contributed by atoms with E-state index in [1.165, 1.54) is 23.1 Å². The van der Waals surface area contributed by atoms with E-state index in [-0.39, 0.29) is 11.7 Å². The van der Waals surface area contributed by atoms with Crippen molar-refractivity contribution in [3.8, 4) is 0 Å². The highest BCUT2D eigenvalue weighted by molar-refractivity contribution is 5.95. The normalized spacial score (nSPS) is 11.2. The van der Waals surface area contributed by atoms with E-state index in [0.29, 0.717) is 12.1 Å². The van der Waals surface area contributed by atoms with Gasteiger partial charge in [0.1, 0.15) is 5.82 Å². The second-order valence-electron chi connectivity index (χ2n) is 5.59. The summed E-state index contributed by atoms with van der Waals surface area (Å²) in [4.78, 5) is 25.0. The van der Waals surface area contributed by atoms with E-state index in [4.69, 9.17) is 5.73 Å². The summed E-state index contributed by atoms with van der Waals surface area (Å²) in [6.07, 6.45) is 1.51. The summed E-state index contributed by atoms with van der Waals surface area (Å²) in [5.41, 5.74) is 8.02. The fourth-order valence-electron chi connectivity index (χ4n) is 2.27. The molecular formula is C19H19FN2O2. The number of rotatable bonds is 5. The highest BCUT2D eigenvalue weighted by Gasteiger charge is 2.09. The number of hydrogen-bond donors (Lipinski definition) is 1. The zero-order valence-electron chi connectivity index (χ0n) is 13.6. The molecule has 2 aromatic rings. The topological polar surface area (TPSA) is 63.4 Å². The fourth-order valence-corrected chi connectivity index (χ4v) is 2.27. The number of primary amides is 1. The average molecular weight is 326 g/mol. The number of hydrogen-bond acceptors (Lipinski definition) is 2. The molecular weight excluding hydrogens is 307 g/mol. The smallest absolute Gasteiger partial charge is 0.248 e. The molecule has 0 radical (unpaired) electrons. The Kier molecular flexibility index (Phi) is 5.47. The SMILES string of the molecule is C/C(=C/C(=O)N(C)Cc1cccc(C(N)=O)c1)c1ccc(F)cc1. The third-order valence-corrected chi connectivity index (χ3v) is 3.65. The van der Waals surface area contributed by atoms with E-state index in [9.17, 15) is 14.0 Å². The van der Waals surface area contributed by atoms with Crippen LogP contribution in [0.3, 0.4) is 0 Å². The first-order valence-corrected chi connectivity index (χ1v) is 7.45. The number of likely N-dealkylation sites (N-methyl/N-ethyl adjacent to an activating group) is 1. The maximum Gasteiger partial charge on any atom is 0.248 e. The molecule has 0 aromatic heterocycles. The Hall–Kier alpha value is -2.95. The van der Waals surface area contributed by atoms with Crippen LogP contribution in [0.25, 0.3) is 5.57 Å². The summed E-state index contributed by atoms with van der Waals surface area (Å²) in [5.74, 6) is -0.997. The van der Waals surface area contributed by atoms with Gasteiger partial charge in [0.15, 0.2) is 0 Å². The van der Waals surface area contributed by atoms with Crippen LogP contribution < -0.4 is 5.73 Å². The third-order valence-electron chi connectivity index (χ3n) is 3.65. The molecule has 2 aromatic carbocycles. The predicted molar refractivity (Wildman–Crippen MR) is 91.5 cm³/mol. The zero-order chi connectivity index (χ0) is 17.7. The Bertz CT molecular complexity index is 782. The van der Waals surface area contributed by atoms with Gasteiger partial charge in [-0.25, -0.2) is 4.39 Å².